The van der Waals surface area contributed by atoms with Gasteiger partial charge < -0.3 is 30.3 Å². The van der Waals surface area contributed by atoms with Crippen LogP contribution in [0.3, 0.4) is 0 Å². The van der Waals surface area contributed by atoms with Gasteiger partial charge in [-0.2, -0.15) is 0 Å². The summed E-state index contributed by atoms with van der Waals surface area (Å²) in [6, 6.07) is 35.0. The van der Waals surface area contributed by atoms with Gasteiger partial charge in [-0.05, 0) is 84.9 Å². The molecule has 0 atom stereocenters. The summed E-state index contributed by atoms with van der Waals surface area (Å²) in [7, 11) is 0. The Balaban J connectivity index is 1.36. The molecule has 198 valence electrons. The van der Waals surface area contributed by atoms with Gasteiger partial charge in [0, 0.05) is 11.4 Å². The predicted molar refractivity (Wildman–Crippen MR) is 153 cm³/mol. The molecule has 0 spiro atoms. The molecule has 0 saturated heterocycles. The minimum absolute atomic E-state index is 0.0962. The van der Waals surface area contributed by atoms with E-state index in [4.69, 9.17) is 9.47 Å². The number of carboxylic acid groups (broad SMARTS) is 2. The molecule has 0 radical (unpaired) electrons. The van der Waals surface area contributed by atoms with E-state index in [0.717, 1.165) is 0 Å². The van der Waals surface area contributed by atoms with E-state index in [0.29, 0.717) is 34.4 Å². The van der Waals surface area contributed by atoms with Crippen LogP contribution in [-0.4, -0.2) is 22.2 Å². The first-order valence-electron chi connectivity index (χ1n) is 12.3. The zero-order valence-corrected chi connectivity index (χ0v) is 21.1. The molecule has 0 fully saturated rings. The average Bonchev–Trinajstić information content (AvgIpc) is 2.96. The highest BCUT2D eigenvalue weighted by Gasteiger charge is 2.19. The lowest BCUT2D eigenvalue weighted by Crippen LogP contribution is -2.09. The molecule has 0 heterocycles. The fraction of sp³-hybridized carbons (Fsp3) is 0. The van der Waals surface area contributed by atoms with Gasteiger partial charge in [0.2, 0.25) is 0 Å². The number of para-hydroxylation sites is 2. The van der Waals surface area contributed by atoms with E-state index in [2.05, 4.69) is 10.6 Å². The summed E-state index contributed by atoms with van der Waals surface area (Å²) >= 11 is 0. The Labute approximate surface area is 230 Å². The summed E-state index contributed by atoms with van der Waals surface area (Å²) in [6.07, 6.45) is 0. The van der Waals surface area contributed by atoms with Gasteiger partial charge >= 0.3 is 11.9 Å². The summed E-state index contributed by atoms with van der Waals surface area (Å²) in [5.41, 5.74) is 1.21. The van der Waals surface area contributed by atoms with Crippen molar-refractivity contribution in [3.8, 4) is 23.0 Å². The lowest BCUT2D eigenvalue weighted by Gasteiger charge is -2.16. The first-order chi connectivity index (χ1) is 19.4. The topological polar surface area (TPSA) is 117 Å². The highest BCUT2D eigenvalue weighted by atomic mass is 16.5. The summed E-state index contributed by atoms with van der Waals surface area (Å²) in [5, 5.41) is 25.8. The summed E-state index contributed by atoms with van der Waals surface area (Å²) in [5.74, 6) is 0.145. The Bertz CT molecular complexity index is 1500. The summed E-state index contributed by atoms with van der Waals surface area (Å²) in [6.45, 7) is 0. The van der Waals surface area contributed by atoms with E-state index < -0.39 is 11.9 Å². The van der Waals surface area contributed by atoms with Crippen LogP contribution >= 0.6 is 0 Å². The van der Waals surface area contributed by atoms with Crippen molar-refractivity contribution >= 4 is 34.7 Å². The van der Waals surface area contributed by atoms with Gasteiger partial charge in [-0.25, -0.2) is 9.59 Å². The Morgan fingerprint density at radius 3 is 1.12 bits per heavy atom. The van der Waals surface area contributed by atoms with Crippen molar-refractivity contribution in [1.29, 1.82) is 0 Å². The fourth-order valence-corrected chi connectivity index (χ4v) is 3.93. The maximum Gasteiger partial charge on any atom is 0.337 e. The van der Waals surface area contributed by atoms with Crippen molar-refractivity contribution in [1.82, 2.24) is 0 Å². The van der Waals surface area contributed by atoms with E-state index in [1.807, 2.05) is 60.7 Å². The van der Waals surface area contributed by atoms with Gasteiger partial charge in [0.05, 0.1) is 22.5 Å². The van der Waals surface area contributed by atoms with E-state index in [1.54, 1.807) is 48.5 Å². The number of nitrogens with one attached hydrogen (secondary N) is 2. The van der Waals surface area contributed by atoms with Crippen molar-refractivity contribution in [2.45, 2.75) is 0 Å². The minimum atomic E-state index is -1.21. The molecule has 0 aliphatic heterocycles. The summed E-state index contributed by atoms with van der Waals surface area (Å²) in [4.78, 5) is 24.2. The maximum absolute atomic E-state index is 12.1. The van der Waals surface area contributed by atoms with Gasteiger partial charge in [0.15, 0.2) is 0 Å². The van der Waals surface area contributed by atoms with Crippen LogP contribution in [-0.2, 0) is 0 Å². The Morgan fingerprint density at radius 1 is 0.475 bits per heavy atom. The lowest BCUT2D eigenvalue weighted by atomic mass is 10.0. The SMILES string of the molecule is O=C(O)c1cc(Nc2ccc(Oc3ccccc3)cc2)c(C(=O)O)cc1Nc1ccc(Oc2ccccc2)cc1. The Kier molecular flexibility index (Phi) is 7.60. The van der Waals surface area contributed by atoms with Gasteiger partial charge in [0.1, 0.15) is 23.0 Å². The highest BCUT2D eigenvalue weighted by molar-refractivity contribution is 6.03. The molecule has 5 rings (SSSR count). The molecule has 5 aromatic rings. The standard InChI is InChI=1S/C32H24N2O6/c35-31(36)27-20-30(34-22-13-17-26(18-14-22)40-24-9-5-2-6-10-24)28(32(37)38)19-29(27)33-21-11-15-25(16-12-21)39-23-7-3-1-4-8-23/h1-20,33-34H,(H,35,36)(H,37,38). The number of benzene rings is 5. The molecule has 0 saturated carbocycles. The molecule has 0 aromatic heterocycles. The number of ether oxygens (including phenoxy) is 2. The number of anilines is 4. The average molecular weight is 533 g/mol. The first kappa shape index (κ1) is 25.9. The highest BCUT2D eigenvalue weighted by Crippen LogP contribution is 2.32. The molecule has 0 unspecified atom stereocenters. The quantitative estimate of drug-likeness (QED) is 0.142. The number of carbonyl (C=O) groups is 2. The number of hydrogen-bond donors (Lipinski definition) is 4. The van der Waals surface area contributed by atoms with E-state index in [1.165, 1.54) is 12.1 Å². The second-order valence-electron chi connectivity index (χ2n) is 8.68. The van der Waals surface area contributed by atoms with Crippen LogP contribution in [0.15, 0.2) is 121 Å². The van der Waals surface area contributed by atoms with Crippen LogP contribution in [0.4, 0.5) is 22.7 Å². The molecule has 4 N–H and O–H groups in total. The molecule has 0 bridgehead atoms. The van der Waals surface area contributed by atoms with Crippen LogP contribution in [0.25, 0.3) is 0 Å². The Hall–Kier alpha value is -5.76. The monoisotopic (exact) mass is 532 g/mol. The van der Waals surface area contributed by atoms with Gasteiger partial charge in [-0.1, -0.05) is 36.4 Å². The van der Waals surface area contributed by atoms with E-state index in [-0.39, 0.29) is 22.5 Å². The van der Waals surface area contributed by atoms with Crippen molar-refractivity contribution < 1.29 is 29.3 Å². The van der Waals surface area contributed by atoms with Crippen LogP contribution in [0, 0.1) is 0 Å². The predicted octanol–water partition coefficient (Wildman–Crippen LogP) is 8.15. The molecular weight excluding hydrogens is 508 g/mol. The van der Waals surface area contributed by atoms with Gasteiger partial charge in [-0.15, -0.1) is 0 Å². The van der Waals surface area contributed by atoms with Crippen LogP contribution < -0.4 is 20.1 Å². The fourth-order valence-electron chi connectivity index (χ4n) is 3.93. The lowest BCUT2D eigenvalue weighted by molar-refractivity contribution is 0.0683. The largest absolute Gasteiger partial charge is 0.478 e. The molecule has 0 aliphatic rings. The van der Waals surface area contributed by atoms with Crippen molar-refractivity contribution in [3.05, 3.63) is 132 Å². The van der Waals surface area contributed by atoms with E-state index >= 15 is 0 Å². The zero-order valence-electron chi connectivity index (χ0n) is 21.1. The van der Waals surface area contributed by atoms with Gasteiger partial charge in [-0.3, -0.25) is 0 Å². The number of rotatable bonds is 10. The first-order valence-corrected chi connectivity index (χ1v) is 12.3. The van der Waals surface area contributed by atoms with Crippen molar-refractivity contribution in [2.24, 2.45) is 0 Å². The van der Waals surface area contributed by atoms with Crippen LogP contribution in [0.5, 0.6) is 23.0 Å². The molecule has 5 aromatic carbocycles. The third kappa shape index (κ3) is 6.38. The Morgan fingerprint density at radius 2 is 0.800 bits per heavy atom. The molecule has 8 nitrogen and oxygen atoms in total. The maximum atomic E-state index is 12.1. The smallest absolute Gasteiger partial charge is 0.337 e. The normalized spacial score (nSPS) is 10.4. The number of carboxylic acids is 2. The third-order valence-electron chi connectivity index (χ3n) is 5.84. The third-order valence-corrected chi connectivity index (χ3v) is 5.84. The number of hydrogen-bond acceptors (Lipinski definition) is 6. The number of aromatic carboxylic acids is 2. The van der Waals surface area contributed by atoms with Crippen LogP contribution in [0.1, 0.15) is 20.7 Å². The second-order valence-corrected chi connectivity index (χ2v) is 8.68. The van der Waals surface area contributed by atoms with Crippen LogP contribution in [0.2, 0.25) is 0 Å². The molecule has 0 amide bonds. The zero-order chi connectivity index (χ0) is 27.9. The molecule has 0 aliphatic carbocycles. The van der Waals surface area contributed by atoms with Crippen molar-refractivity contribution in [2.75, 3.05) is 10.6 Å². The minimum Gasteiger partial charge on any atom is -0.478 e. The molecule has 8 heteroatoms. The molecule has 40 heavy (non-hydrogen) atoms. The van der Waals surface area contributed by atoms with Crippen molar-refractivity contribution in [3.63, 3.8) is 0 Å². The van der Waals surface area contributed by atoms with E-state index in [9.17, 15) is 19.8 Å². The second kappa shape index (κ2) is 11.7. The molecular formula is C32H24N2O6. The summed E-state index contributed by atoms with van der Waals surface area (Å²) < 4.78 is 11.6. The van der Waals surface area contributed by atoms with Gasteiger partial charge in [0.25, 0.3) is 0 Å².